The molecule has 0 radical (unpaired) electrons. The summed E-state index contributed by atoms with van der Waals surface area (Å²) in [7, 11) is 1.59. The summed E-state index contributed by atoms with van der Waals surface area (Å²) in [4.78, 5) is 25.8. The lowest BCUT2D eigenvalue weighted by molar-refractivity contribution is -0.118. The van der Waals surface area contributed by atoms with Crippen molar-refractivity contribution >= 4 is 11.6 Å². The van der Waals surface area contributed by atoms with Crippen molar-refractivity contribution in [3.05, 3.63) is 77.1 Å². The zero-order chi connectivity index (χ0) is 20.3. The van der Waals surface area contributed by atoms with Crippen molar-refractivity contribution in [2.24, 2.45) is 5.41 Å². The van der Waals surface area contributed by atoms with E-state index >= 15 is 0 Å². The van der Waals surface area contributed by atoms with Crippen LogP contribution in [0.15, 0.2) is 65.9 Å². The van der Waals surface area contributed by atoms with Gasteiger partial charge in [0.05, 0.1) is 7.11 Å². The largest absolute Gasteiger partial charge is 0.512 e. The highest BCUT2D eigenvalue weighted by Gasteiger charge is 2.37. The molecule has 3 rings (SSSR count). The molecule has 1 atom stereocenters. The van der Waals surface area contributed by atoms with E-state index in [1.807, 2.05) is 56.3 Å². The second-order valence-corrected chi connectivity index (χ2v) is 8.12. The molecule has 1 aliphatic rings. The normalized spacial score (nSPS) is 17.3. The Morgan fingerprint density at radius 1 is 1.07 bits per heavy atom. The molecule has 146 valence electrons. The molecule has 0 fully saturated rings. The minimum Gasteiger partial charge on any atom is -0.512 e. The molecule has 28 heavy (non-hydrogen) atoms. The molecular formula is C24H26O4. The van der Waals surface area contributed by atoms with Crippen LogP contribution in [0.25, 0.3) is 0 Å². The molecule has 1 N–H and O–H groups in total. The average Bonchev–Trinajstić information content (AvgIpc) is 2.66. The first-order valence-electron chi connectivity index (χ1n) is 9.48. The van der Waals surface area contributed by atoms with E-state index in [2.05, 4.69) is 0 Å². The monoisotopic (exact) mass is 378 g/mol. The molecule has 4 nitrogen and oxygen atoms in total. The summed E-state index contributed by atoms with van der Waals surface area (Å²) in [6.07, 6.45) is 0.917. The van der Waals surface area contributed by atoms with Crippen molar-refractivity contribution in [3.63, 3.8) is 0 Å². The number of hydrogen-bond donors (Lipinski definition) is 1. The van der Waals surface area contributed by atoms with Crippen LogP contribution >= 0.6 is 0 Å². The fraction of sp³-hybridized carbons (Fsp3) is 0.333. The molecule has 0 spiro atoms. The molecule has 4 heteroatoms. The van der Waals surface area contributed by atoms with Gasteiger partial charge in [0.2, 0.25) is 0 Å². The molecule has 1 aliphatic carbocycles. The molecule has 2 aromatic carbocycles. The Bertz CT molecular complexity index is 892. The lowest BCUT2D eigenvalue weighted by Crippen LogP contribution is -2.29. The first-order chi connectivity index (χ1) is 13.3. The van der Waals surface area contributed by atoms with Gasteiger partial charge in [-0.25, -0.2) is 0 Å². The van der Waals surface area contributed by atoms with Crippen molar-refractivity contribution in [2.75, 3.05) is 7.11 Å². The van der Waals surface area contributed by atoms with E-state index in [-0.39, 0.29) is 29.2 Å². The zero-order valence-electron chi connectivity index (χ0n) is 16.6. The van der Waals surface area contributed by atoms with Crippen LogP contribution in [0.2, 0.25) is 0 Å². The molecule has 0 aliphatic heterocycles. The molecule has 0 bridgehead atoms. The maximum absolute atomic E-state index is 12.9. The summed E-state index contributed by atoms with van der Waals surface area (Å²) in [5, 5.41) is 10.7. The maximum Gasteiger partial charge on any atom is 0.163 e. The van der Waals surface area contributed by atoms with Gasteiger partial charge in [0.1, 0.15) is 11.5 Å². The standard InChI is InChI=1S/C24H26O4/c1-24(2)14-21(26)23(22(27)15-24)19(16-9-11-18(28-3)12-10-16)13-20(25)17-7-5-4-6-8-17/h4-12,19,26H,13-15H2,1-3H3. The highest BCUT2D eigenvalue weighted by atomic mass is 16.5. The van der Waals surface area contributed by atoms with Gasteiger partial charge < -0.3 is 9.84 Å². The molecular weight excluding hydrogens is 352 g/mol. The number of carbonyl (C=O) groups is 2. The van der Waals surface area contributed by atoms with Gasteiger partial charge in [0, 0.05) is 36.3 Å². The fourth-order valence-electron chi connectivity index (χ4n) is 3.85. The number of allylic oxidation sites excluding steroid dienone is 2. The summed E-state index contributed by atoms with van der Waals surface area (Å²) in [6, 6.07) is 16.4. The number of aliphatic hydroxyl groups is 1. The van der Waals surface area contributed by atoms with Crippen LogP contribution in [0.4, 0.5) is 0 Å². The number of benzene rings is 2. The van der Waals surface area contributed by atoms with Gasteiger partial charge >= 0.3 is 0 Å². The van der Waals surface area contributed by atoms with Gasteiger partial charge in [-0.05, 0) is 23.1 Å². The first-order valence-corrected chi connectivity index (χ1v) is 9.48. The Labute approximate surface area is 165 Å². The SMILES string of the molecule is COc1ccc(C(CC(=O)c2ccccc2)C2=C(O)CC(C)(C)CC2=O)cc1. The summed E-state index contributed by atoms with van der Waals surface area (Å²) >= 11 is 0. The highest BCUT2D eigenvalue weighted by molar-refractivity contribution is 6.02. The molecule has 0 heterocycles. The molecule has 1 unspecified atom stereocenters. The predicted octanol–water partition coefficient (Wildman–Crippen LogP) is 5.25. The quantitative estimate of drug-likeness (QED) is 0.697. The van der Waals surface area contributed by atoms with Crippen LogP contribution in [-0.4, -0.2) is 23.8 Å². The molecule has 0 amide bonds. The van der Waals surface area contributed by atoms with E-state index in [4.69, 9.17) is 4.74 Å². The van der Waals surface area contributed by atoms with Gasteiger partial charge in [-0.2, -0.15) is 0 Å². The van der Waals surface area contributed by atoms with Gasteiger partial charge in [-0.1, -0.05) is 56.3 Å². The third kappa shape index (κ3) is 4.33. The average molecular weight is 378 g/mol. The van der Waals surface area contributed by atoms with Gasteiger partial charge in [0.15, 0.2) is 11.6 Å². The Morgan fingerprint density at radius 2 is 1.71 bits per heavy atom. The Morgan fingerprint density at radius 3 is 2.29 bits per heavy atom. The van der Waals surface area contributed by atoms with Crippen molar-refractivity contribution in [1.29, 1.82) is 0 Å². The van der Waals surface area contributed by atoms with Crippen molar-refractivity contribution in [2.45, 2.75) is 39.0 Å². The maximum atomic E-state index is 12.9. The lowest BCUT2D eigenvalue weighted by Gasteiger charge is -2.32. The van der Waals surface area contributed by atoms with Crippen LogP contribution < -0.4 is 4.74 Å². The molecule has 0 saturated carbocycles. The van der Waals surface area contributed by atoms with Gasteiger partial charge in [0.25, 0.3) is 0 Å². The number of rotatable bonds is 6. The Hall–Kier alpha value is -2.88. The number of Topliss-reactive ketones (excluding diaryl/α,β-unsaturated/α-hetero) is 2. The summed E-state index contributed by atoms with van der Waals surface area (Å²) < 4.78 is 5.22. The Kier molecular flexibility index (Phi) is 5.68. The number of ether oxygens (including phenoxy) is 1. The van der Waals surface area contributed by atoms with E-state index in [0.717, 1.165) is 5.56 Å². The van der Waals surface area contributed by atoms with E-state index in [1.54, 1.807) is 19.2 Å². The highest BCUT2D eigenvalue weighted by Crippen LogP contribution is 2.42. The van der Waals surface area contributed by atoms with Crippen molar-refractivity contribution in [1.82, 2.24) is 0 Å². The topological polar surface area (TPSA) is 63.6 Å². The number of aliphatic hydroxyl groups excluding tert-OH is 1. The van der Waals surface area contributed by atoms with Crippen LogP contribution in [0.5, 0.6) is 5.75 Å². The smallest absolute Gasteiger partial charge is 0.163 e. The van der Waals surface area contributed by atoms with E-state index in [0.29, 0.717) is 29.7 Å². The Balaban J connectivity index is 2.01. The van der Waals surface area contributed by atoms with Crippen LogP contribution in [0.1, 0.15) is 54.9 Å². The molecule has 0 aromatic heterocycles. The number of carbonyl (C=O) groups excluding carboxylic acids is 2. The third-order valence-corrected chi connectivity index (χ3v) is 5.25. The summed E-state index contributed by atoms with van der Waals surface area (Å²) in [6.45, 7) is 3.94. The molecule has 2 aromatic rings. The van der Waals surface area contributed by atoms with Crippen molar-refractivity contribution < 1.29 is 19.4 Å². The molecule has 0 saturated heterocycles. The van der Waals surface area contributed by atoms with Gasteiger partial charge in [-0.3, -0.25) is 9.59 Å². The second kappa shape index (κ2) is 8.01. The van der Waals surface area contributed by atoms with E-state index in [1.165, 1.54) is 0 Å². The van der Waals surface area contributed by atoms with E-state index < -0.39 is 5.92 Å². The lowest BCUT2D eigenvalue weighted by atomic mass is 9.71. The second-order valence-electron chi connectivity index (χ2n) is 8.12. The minimum atomic E-state index is -0.484. The van der Waals surface area contributed by atoms with E-state index in [9.17, 15) is 14.7 Å². The van der Waals surface area contributed by atoms with Crippen LogP contribution in [0, 0.1) is 5.41 Å². The van der Waals surface area contributed by atoms with Crippen LogP contribution in [-0.2, 0) is 4.79 Å². The number of ketones is 2. The van der Waals surface area contributed by atoms with Crippen molar-refractivity contribution in [3.8, 4) is 5.75 Å². The predicted molar refractivity (Wildman–Crippen MR) is 109 cm³/mol. The minimum absolute atomic E-state index is 0.0562. The number of hydrogen-bond acceptors (Lipinski definition) is 4. The third-order valence-electron chi connectivity index (χ3n) is 5.25. The summed E-state index contributed by atoms with van der Waals surface area (Å²) in [5.74, 6) is 0.172. The first kappa shape index (κ1) is 19.9. The number of methoxy groups -OCH3 is 1. The van der Waals surface area contributed by atoms with Crippen LogP contribution in [0.3, 0.4) is 0 Å². The summed E-state index contributed by atoms with van der Waals surface area (Å²) in [5.41, 5.74) is 1.51. The zero-order valence-corrected chi connectivity index (χ0v) is 16.6. The van der Waals surface area contributed by atoms with Gasteiger partial charge in [-0.15, -0.1) is 0 Å². The fourth-order valence-corrected chi connectivity index (χ4v) is 3.85.